The van der Waals surface area contributed by atoms with E-state index in [0.29, 0.717) is 13.0 Å². The van der Waals surface area contributed by atoms with E-state index in [-0.39, 0.29) is 5.41 Å². The molecule has 2 aliphatic rings. The number of allylic oxidation sites excluding steroid dienone is 1. The molecule has 2 heterocycles. The van der Waals surface area contributed by atoms with Gasteiger partial charge in [-0.05, 0) is 28.9 Å². The molecule has 0 saturated carbocycles. The Kier molecular flexibility index (Phi) is 3.50. The maximum Gasteiger partial charge on any atom is 0.310 e. The standard InChI is InChI=1S/C18H26BN3/c1-14-20(6)11-12-21(14)22-13-16(18(2,3)4)15-9-7-8-10-17(15)19(22)5/h7-14H,1-6H3/t14-/m0/s1. The second kappa shape index (κ2) is 5.11. The third-order valence-corrected chi connectivity index (χ3v) is 4.86. The lowest BCUT2D eigenvalue weighted by Crippen LogP contribution is -2.56. The SMILES string of the molecule is CB1c2ccccc2C(C(C)(C)C)=CN1N1C=CN(C)[C@@H]1C. The zero-order valence-corrected chi connectivity index (χ0v) is 14.5. The van der Waals surface area contributed by atoms with E-state index < -0.39 is 0 Å². The van der Waals surface area contributed by atoms with E-state index in [0.717, 1.165) is 0 Å². The second-order valence-electron chi connectivity index (χ2n) is 7.41. The summed E-state index contributed by atoms with van der Waals surface area (Å²) in [6.07, 6.45) is 6.99. The van der Waals surface area contributed by atoms with Gasteiger partial charge in [0.2, 0.25) is 0 Å². The van der Waals surface area contributed by atoms with E-state index in [2.05, 4.69) is 99.3 Å². The zero-order valence-electron chi connectivity index (χ0n) is 14.5. The van der Waals surface area contributed by atoms with Crippen LogP contribution in [0.15, 0.2) is 42.9 Å². The van der Waals surface area contributed by atoms with Crippen molar-refractivity contribution in [2.75, 3.05) is 7.05 Å². The normalized spacial score (nSPS) is 21.4. The Balaban J connectivity index is 2.08. The molecule has 0 saturated heterocycles. The van der Waals surface area contributed by atoms with Crippen molar-refractivity contribution in [3.8, 4) is 0 Å². The molecule has 2 aliphatic heterocycles. The summed E-state index contributed by atoms with van der Waals surface area (Å²) in [6, 6.07) is 8.82. The van der Waals surface area contributed by atoms with Crippen molar-refractivity contribution in [2.24, 2.45) is 5.41 Å². The summed E-state index contributed by atoms with van der Waals surface area (Å²) in [5.74, 6) is 0. The number of rotatable bonds is 1. The molecular formula is C18H26BN3. The average Bonchev–Trinajstić information content (AvgIpc) is 2.79. The fourth-order valence-corrected chi connectivity index (χ4v) is 3.31. The number of hydrogen-bond donors (Lipinski definition) is 0. The molecule has 1 aromatic carbocycles. The zero-order chi connectivity index (χ0) is 16.1. The van der Waals surface area contributed by atoms with Crippen LogP contribution in [0.1, 0.15) is 33.3 Å². The number of hydrazine groups is 1. The Morgan fingerprint density at radius 2 is 1.77 bits per heavy atom. The molecule has 22 heavy (non-hydrogen) atoms. The molecule has 1 aromatic rings. The van der Waals surface area contributed by atoms with Gasteiger partial charge in [0.25, 0.3) is 0 Å². The van der Waals surface area contributed by atoms with E-state index in [4.69, 9.17) is 0 Å². The van der Waals surface area contributed by atoms with Crippen LogP contribution in [-0.4, -0.2) is 34.9 Å². The van der Waals surface area contributed by atoms with Crippen LogP contribution in [-0.2, 0) is 0 Å². The van der Waals surface area contributed by atoms with Crippen molar-refractivity contribution in [3.05, 3.63) is 48.4 Å². The van der Waals surface area contributed by atoms with Crippen molar-refractivity contribution in [3.63, 3.8) is 0 Å². The van der Waals surface area contributed by atoms with Gasteiger partial charge in [-0.1, -0.05) is 51.9 Å². The second-order valence-corrected chi connectivity index (χ2v) is 7.41. The van der Waals surface area contributed by atoms with Gasteiger partial charge in [0.15, 0.2) is 0 Å². The molecule has 3 nitrogen and oxygen atoms in total. The highest BCUT2D eigenvalue weighted by molar-refractivity contribution is 6.71. The Bertz CT molecular complexity index is 629. The molecule has 0 amide bonds. The van der Waals surface area contributed by atoms with Gasteiger partial charge < -0.3 is 9.82 Å². The average molecular weight is 295 g/mol. The maximum atomic E-state index is 2.38. The van der Waals surface area contributed by atoms with Gasteiger partial charge in [-0.3, -0.25) is 5.01 Å². The fourth-order valence-electron chi connectivity index (χ4n) is 3.31. The first-order valence-corrected chi connectivity index (χ1v) is 8.09. The Morgan fingerprint density at radius 1 is 1.09 bits per heavy atom. The van der Waals surface area contributed by atoms with Crippen molar-refractivity contribution >= 4 is 17.9 Å². The van der Waals surface area contributed by atoms with Crippen molar-refractivity contribution in [1.29, 1.82) is 0 Å². The molecule has 0 unspecified atom stereocenters. The van der Waals surface area contributed by atoms with Gasteiger partial charge in [-0.2, -0.15) is 0 Å². The minimum Gasteiger partial charge on any atom is -0.358 e. The largest absolute Gasteiger partial charge is 0.358 e. The van der Waals surface area contributed by atoms with Gasteiger partial charge in [0.05, 0.1) is 0 Å². The smallest absolute Gasteiger partial charge is 0.310 e. The minimum atomic E-state index is 0.118. The van der Waals surface area contributed by atoms with Crippen LogP contribution in [0.3, 0.4) is 0 Å². The molecule has 0 aliphatic carbocycles. The summed E-state index contributed by atoms with van der Waals surface area (Å²) < 4.78 is 0. The van der Waals surface area contributed by atoms with Crippen molar-refractivity contribution in [1.82, 2.24) is 14.8 Å². The molecule has 0 aromatic heterocycles. The molecule has 3 rings (SSSR count). The number of hydrogen-bond acceptors (Lipinski definition) is 3. The lowest BCUT2D eigenvalue weighted by molar-refractivity contribution is 0.0726. The van der Waals surface area contributed by atoms with Crippen LogP contribution >= 0.6 is 0 Å². The van der Waals surface area contributed by atoms with Crippen LogP contribution in [0.4, 0.5) is 0 Å². The highest BCUT2D eigenvalue weighted by atomic mass is 15.7. The molecule has 0 bridgehead atoms. The molecular weight excluding hydrogens is 269 g/mol. The molecule has 0 fully saturated rings. The Hall–Kier alpha value is -1.84. The highest BCUT2D eigenvalue weighted by Crippen LogP contribution is 2.37. The summed E-state index contributed by atoms with van der Waals surface area (Å²) in [5.41, 5.74) is 4.32. The summed E-state index contributed by atoms with van der Waals surface area (Å²) in [7, 11) is 2.12. The molecule has 0 radical (unpaired) electrons. The summed E-state index contributed by atoms with van der Waals surface area (Å²) in [6.45, 7) is 11.7. The van der Waals surface area contributed by atoms with Gasteiger partial charge in [0, 0.05) is 25.6 Å². The number of benzene rings is 1. The Labute approximate surface area is 135 Å². The summed E-state index contributed by atoms with van der Waals surface area (Å²) >= 11 is 0. The molecule has 4 heteroatoms. The lowest BCUT2D eigenvalue weighted by atomic mass is 9.53. The third kappa shape index (κ3) is 2.31. The quantitative estimate of drug-likeness (QED) is 0.737. The van der Waals surface area contributed by atoms with E-state index in [9.17, 15) is 0 Å². The number of nitrogens with zero attached hydrogens (tertiary/aromatic N) is 3. The monoisotopic (exact) mass is 295 g/mol. The van der Waals surface area contributed by atoms with Crippen molar-refractivity contribution < 1.29 is 0 Å². The lowest BCUT2D eigenvalue weighted by Gasteiger charge is -2.44. The minimum absolute atomic E-state index is 0.118. The molecule has 0 N–H and O–H groups in total. The van der Waals surface area contributed by atoms with Crippen LogP contribution in [0, 0.1) is 5.41 Å². The topological polar surface area (TPSA) is 9.72 Å². The Morgan fingerprint density at radius 3 is 2.36 bits per heavy atom. The fraction of sp³-hybridized carbons (Fsp3) is 0.444. The molecule has 0 spiro atoms. The first-order chi connectivity index (χ1) is 10.3. The maximum absolute atomic E-state index is 2.38. The molecule has 116 valence electrons. The van der Waals surface area contributed by atoms with Gasteiger partial charge in [-0.25, -0.2) is 0 Å². The predicted molar refractivity (Wildman–Crippen MR) is 95.2 cm³/mol. The summed E-state index contributed by atoms with van der Waals surface area (Å²) in [5, 5.41) is 2.33. The number of fused-ring (bicyclic) bond motifs is 1. The van der Waals surface area contributed by atoms with Gasteiger partial charge in [0.1, 0.15) is 6.17 Å². The van der Waals surface area contributed by atoms with E-state index >= 15 is 0 Å². The highest BCUT2D eigenvalue weighted by Gasteiger charge is 2.36. The van der Waals surface area contributed by atoms with E-state index in [1.807, 2.05) is 0 Å². The molecule has 1 atom stereocenters. The van der Waals surface area contributed by atoms with Gasteiger partial charge >= 0.3 is 6.85 Å². The van der Waals surface area contributed by atoms with E-state index in [1.165, 1.54) is 16.6 Å². The third-order valence-electron chi connectivity index (χ3n) is 4.86. The van der Waals surface area contributed by atoms with E-state index in [1.54, 1.807) is 0 Å². The first kappa shape index (κ1) is 15.1. The predicted octanol–water partition coefficient (Wildman–Crippen LogP) is 3.20. The van der Waals surface area contributed by atoms with Crippen LogP contribution in [0.5, 0.6) is 0 Å². The van der Waals surface area contributed by atoms with Crippen molar-refractivity contribution in [2.45, 2.75) is 40.7 Å². The van der Waals surface area contributed by atoms with Crippen LogP contribution in [0.25, 0.3) is 5.57 Å². The summed E-state index contributed by atoms with van der Waals surface area (Å²) in [4.78, 5) is 4.62. The van der Waals surface area contributed by atoms with Crippen LogP contribution in [0.2, 0.25) is 6.82 Å². The van der Waals surface area contributed by atoms with Crippen LogP contribution < -0.4 is 5.46 Å². The first-order valence-electron chi connectivity index (χ1n) is 8.09. The van der Waals surface area contributed by atoms with Gasteiger partial charge in [-0.15, -0.1) is 0 Å².